The summed E-state index contributed by atoms with van der Waals surface area (Å²) in [4.78, 5) is 0. The van der Waals surface area contributed by atoms with E-state index in [9.17, 15) is 4.39 Å². The summed E-state index contributed by atoms with van der Waals surface area (Å²) < 4.78 is 13.8. The molecule has 3 N–H and O–H groups in total. The number of aliphatic hydroxyl groups excluding tert-OH is 2. The molecule has 0 heterocycles. The van der Waals surface area contributed by atoms with Crippen molar-refractivity contribution >= 4 is 33.2 Å². The Bertz CT molecular complexity index is 328. The van der Waals surface area contributed by atoms with Gasteiger partial charge in [-0.05, 0) is 28.1 Å². The van der Waals surface area contributed by atoms with Gasteiger partial charge >= 0.3 is 0 Å². The van der Waals surface area contributed by atoms with Gasteiger partial charge in [-0.15, -0.1) is 0 Å². The second kappa shape index (κ2) is 5.65. The van der Waals surface area contributed by atoms with Gasteiger partial charge in [0.25, 0.3) is 0 Å². The van der Waals surface area contributed by atoms with Crippen molar-refractivity contribution < 1.29 is 14.6 Å². The maximum Gasteiger partial charge on any atom is 0.148 e. The number of anilines is 1. The zero-order valence-corrected chi connectivity index (χ0v) is 10.0. The molecule has 0 bridgehead atoms. The largest absolute Gasteiger partial charge is 0.394 e. The van der Waals surface area contributed by atoms with E-state index < -0.39 is 11.9 Å². The Balaban J connectivity index is 2.77. The lowest BCUT2D eigenvalue weighted by atomic mass is 10.3. The molecule has 0 amide bonds. The molecule has 1 aromatic rings. The molecule has 0 aliphatic rings. The number of benzene rings is 1. The predicted octanol–water partition coefficient (Wildman–Crippen LogP) is 2.01. The highest BCUT2D eigenvalue weighted by Crippen LogP contribution is 2.29. The highest BCUT2D eigenvalue weighted by atomic mass is 79.9. The minimum atomic E-state index is -0.924. The normalized spacial score (nSPS) is 12.6. The molecule has 0 saturated heterocycles. The highest BCUT2D eigenvalue weighted by Gasteiger charge is 2.10. The maximum atomic E-state index is 13.3. The topological polar surface area (TPSA) is 52.5 Å². The molecule has 1 rings (SSSR count). The minimum Gasteiger partial charge on any atom is -0.394 e. The van der Waals surface area contributed by atoms with E-state index in [1.165, 1.54) is 12.1 Å². The van der Waals surface area contributed by atoms with Gasteiger partial charge in [0.1, 0.15) is 5.82 Å². The van der Waals surface area contributed by atoms with Crippen LogP contribution in [-0.4, -0.2) is 29.5 Å². The van der Waals surface area contributed by atoms with Gasteiger partial charge in [-0.1, -0.05) is 11.6 Å². The second-order valence-corrected chi connectivity index (χ2v) is 4.25. The summed E-state index contributed by atoms with van der Waals surface area (Å²) in [5, 5.41) is 20.6. The molecule has 0 aromatic heterocycles. The van der Waals surface area contributed by atoms with E-state index in [4.69, 9.17) is 21.8 Å². The van der Waals surface area contributed by atoms with Gasteiger partial charge in [0, 0.05) is 16.0 Å². The lowest BCUT2D eigenvalue weighted by Crippen LogP contribution is -2.23. The molecular formula is C9H10BrClFNO2. The van der Waals surface area contributed by atoms with Crippen molar-refractivity contribution in [3.8, 4) is 0 Å². The summed E-state index contributed by atoms with van der Waals surface area (Å²) in [6, 6.07) is 2.71. The van der Waals surface area contributed by atoms with Crippen molar-refractivity contribution in [3.05, 3.63) is 27.4 Å². The van der Waals surface area contributed by atoms with Crippen LogP contribution in [0.5, 0.6) is 0 Å². The summed E-state index contributed by atoms with van der Waals surface area (Å²) >= 11 is 8.76. The van der Waals surface area contributed by atoms with Gasteiger partial charge in [-0.25, -0.2) is 4.39 Å². The molecule has 15 heavy (non-hydrogen) atoms. The molecule has 1 aromatic carbocycles. The Morgan fingerprint density at radius 1 is 1.53 bits per heavy atom. The SMILES string of the molecule is OCC(O)CNc1c(F)cc(Cl)cc1Br. The van der Waals surface area contributed by atoms with Crippen molar-refractivity contribution in [1.82, 2.24) is 0 Å². The van der Waals surface area contributed by atoms with Crippen LogP contribution < -0.4 is 5.32 Å². The fraction of sp³-hybridized carbons (Fsp3) is 0.333. The third-order valence-corrected chi connectivity index (χ3v) is 2.58. The Labute approximate surface area is 100 Å². The van der Waals surface area contributed by atoms with E-state index in [1.54, 1.807) is 0 Å². The van der Waals surface area contributed by atoms with Crippen LogP contribution in [0.1, 0.15) is 0 Å². The molecular weight excluding hydrogens is 288 g/mol. The molecule has 0 radical (unpaired) electrons. The number of halogens is 3. The first-order valence-electron chi connectivity index (χ1n) is 4.22. The zero-order chi connectivity index (χ0) is 11.4. The molecule has 1 unspecified atom stereocenters. The van der Waals surface area contributed by atoms with Gasteiger partial charge < -0.3 is 15.5 Å². The number of hydrogen-bond acceptors (Lipinski definition) is 3. The first-order valence-corrected chi connectivity index (χ1v) is 5.39. The van der Waals surface area contributed by atoms with Crippen LogP contribution in [0.15, 0.2) is 16.6 Å². The molecule has 6 heteroatoms. The van der Waals surface area contributed by atoms with Crippen LogP contribution in [0, 0.1) is 5.82 Å². The van der Waals surface area contributed by atoms with Gasteiger partial charge in [0.15, 0.2) is 0 Å². The van der Waals surface area contributed by atoms with E-state index >= 15 is 0 Å². The first-order chi connectivity index (χ1) is 7.04. The standard InChI is InChI=1S/C9H10BrClFNO2/c10-7-1-5(11)2-8(12)9(7)13-3-6(15)4-14/h1-2,6,13-15H,3-4H2. The average molecular weight is 299 g/mol. The van der Waals surface area contributed by atoms with Crippen molar-refractivity contribution in [3.63, 3.8) is 0 Å². The fourth-order valence-corrected chi connectivity index (χ4v) is 1.91. The third-order valence-electron chi connectivity index (χ3n) is 1.73. The van der Waals surface area contributed by atoms with Gasteiger partial charge in [0.05, 0.1) is 18.4 Å². The Hall–Kier alpha value is -0.360. The van der Waals surface area contributed by atoms with Crippen LogP contribution in [0.25, 0.3) is 0 Å². The lowest BCUT2D eigenvalue weighted by molar-refractivity contribution is 0.105. The Kier molecular flexibility index (Phi) is 4.79. The number of aliphatic hydroxyl groups is 2. The second-order valence-electron chi connectivity index (χ2n) is 2.96. The first kappa shape index (κ1) is 12.7. The molecule has 1 atom stereocenters. The Morgan fingerprint density at radius 2 is 2.20 bits per heavy atom. The molecule has 84 valence electrons. The number of hydrogen-bond donors (Lipinski definition) is 3. The van der Waals surface area contributed by atoms with Gasteiger partial charge in [-0.2, -0.15) is 0 Å². The molecule has 0 fully saturated rings. The Morgan fingerprint density at radius 3 is 2.73 bits per heavy atom. The van der Waals surface area contributed by atoms with Crippen LogP contribution >= 0.6 is 27.5 Å². The number of nitrogens with one attached hydrogen (secondary N) is 1. The van der Waals surface area contributed by atoms with E-state index in [1.807, 2.05) is 0 Å². The fourth-order valence-electron chi connectivity index (χ4n) is 0.996. The summed E-state index contributed by atoms with van der Waals surface area (Å²) in [6.07, 6.45) is -0.924. The van der Waals surface area contributed by atoms with Crippen molar-refractivity contribution in [1.29, 1.82) is 0 Å². The third kappa shape index (κ3) is 3.61. The maximum absolute atomic E-state index is 13.3. The van der Waals surface area contributed by atoms with Crippen LogP contribution in [0.2, 0.25) is 5.02 Å². The summed E-state index contributed by atoms with van der Waals surface area (Å²) in [5.41, 5.74) is 0.215. The van der Waals surface area contributed by atoms with Crippen LogP contribution in [-0.2, 0) is 0 Å². The minimum absolute atomic E-state index is 0.0631. The van der Waals surface area contributed by atoms with Crippen molar-refractivity contribution in [2.75, 3.05) is 18.5 Å². The van der Waals surface area contributed by atoms with E-state index in [-0.39, 0.29) is 23.9 Å². The molecule has 0 aliphatic heterocycles. The smallest absolute Gasteiger partial charge is 0.148 e. The van der Waals surface area contributed by atoms with Crippen molar-refractivity contribution in [2.24, 2.45) is 0 Å². The summed E-state index contributed by atoms with van der Waals surface area (Å²) in [6.45, 7) is -0.312. The summed E-state index contributed by atoms with van der Waals surface area (Å²) in [5.74, 6) is -0.514. The van der Waals surface area contributed by atoms with E-state index in [0.29, 0.717) is 4.47 Å². The summed E-state index contributed by atoms with van der Waals surface area (Å²) in [7, 11) is 0. The van der Waals surface area contributed by atoms with Crippen LogP contribution in [0.3, 0.4) is 0 Å². The van der Waals surface area contributed by atoms with E-state index in [2.05, 4.69) is 21.2 Å². The molecule has 0 saturated carbocycles. The van der Waals surface area contributed by atoms with Crippen LogP contribution in [0.4, 0.5) is 10.1 Å². The average Bonchev–Trinajstić information content (AvgIpc) is 2.15. The quantitative estimate of drug-likeness (QED) is 0.797. The molecule has 3 nitrogen and oxygen atoms in total. The van der Waals surface area contributed by atoms with E-state index in [0.717, 1.165) is 0 Å². The predicted molar refractivity (Wildman–Crippen MR) is 60.7 cm³/mol. The van der Waals surface area contributed by atoms with Crippen molar-refractivity contribution in [2.45, 2.75) is 6.10 Å². The van der Waals surface area contributed by atoms with Gasteiger partial charge in [0.2, 0.25) is 0 Å². The zero-order valence-electron chi connectivity index (χ0n) is 7.67. The highest BCUT2D eigenvalue weighted by molar-refractivity contribution is 9.10. The molecule has 0 aliphatic carbocycles. The van der Waals surface area contributed by atoms with Gasteiger partial charge in [-0.3, -0.25) is 0 Å². The molecule has 0 spiro atoms. The monoisotopic (exact) mass is 297 g/mol. The lowest BCUT2D eigenvalue weighted by Gasteiger charge is -2.12. The number of rotatable bonds is 4.